The van der Waals surface area contributed by atoms with Crippen LogP contribution < -0.4 is 0 Å². The molecular formula is C48H30. The minimum absolute atomic E-state index is 1.23. The van der Waals surface area contributed by atoms with Crippen molar-refractivity contribution < 1.29 is 0 Å². The minimum Gasteiger partial charge on any atom is -0.0616 e. The average molecular weight is 607 g/mol. The number of hydrogen-bond donors (Lipinski definition) is 0. The van der Waals surface area contributed by atoms with Crippen molar-refractivity contribution >= 4 is 64.6 Å². The van der Waals surface area contributed by atoms with Gasteiger partial charge in [0.15, 0.2) is 0 Å². The van der Waals surface area contributed by atoms with Crippen LogP contribution in [0.2, 0.25) is 0 Å². The van der Waals surface area contributed by atoms with E-state index in [9.17, 15) is 0 Å². The third-order valence-electron chi connectivity index (χ3n) is 10.2. The average Bonchev–Trinajstić information content (AvgIpc) is 3.16. The smallest absolute Gasteiger partial charge is 0.00928 e. The van der Waals surface area contributed by atoms with Crippen molar-refractivity contribution in [1.29, 1.82) is 0 Å². The summed E-state index contributed by atoms with van der Waals surface area (Å²) < 4.78 is 0. The summed E-state index contributed by atoms with van der Waals surface area (Å²) in [5.74, 6) is 0. The van der Waals surface area contributed by atoms with Gasteiger partial charge in [0.1, 0.15) is 0 Å². The third kappa shape index (κ3) is 4.24. The summed E-state index contributed by atoms with van der Waals surface area (Å²) >= 11 is 0. The first kappa shape index (κ1) is 26.9. The number of hydrogen-bond acceptors (Lipinski definition) is 0. The van der Waals surface area contributed by atoms with Gasteiger partial charge < -0.3 is 0 Å². The van der Waals surface area contributed by atoms with E-state index in [1.165, 1.54) is 98.0 Å². The topological polar surface area (TPSA) is 0 Å². The molecule has 0 aromatic heterocycles. The van der Waals surface area contributed by atoms with E-state index in [1.807, 2.05) is 0 Å². The predicted octanol–water partition coefficient (Wildman–Crippen LogP) is 13.6. The fourth-order valence-corrected chi connectivity index (χ4v) is 7.84. The maximum Gasteiger partial charge on any atom is -0.00928 e. The zero-order valence-corrected chi connectivity index (χ0v) is 26.3. The number of rotatable bonds is 3. The highest BCUT2D eigenvalue weighted by molar-refractivity contribution is 6.21. The molecule has 222 valence electrons. The molecular weight excluding hydrogens is 577 g/mol. The summed E-state index contributed by atoms with van der Waals surface area (Å²) in [4.78, 5) is 0. The van der Waals surface area contributed by atoms with Gasteiger partial charge in [-0.15, -0.1) is 0 Å². The summed E-state index contributed by atoms with van der Waals surface area (Å²) in [6.45, 7) is 0. The first-order chi connectivity index (χ1) is 23.8. The first-order valence-corrected chi connectivity index (χ1v) is 16.7. The van der Waals surface area contributed by atoms with Crippen molar-refractivity contribution in [3.05, 3.63) is 182 Å². The van der Waals surface area contributed by atoms with Crippen molar-refractivity contribution in [3.63, 3.8) is 0 Å². The zero-order chi connectivity index (χ0) is 31.6. The van der Waals surface area contributed by atoms with Gasteiger partial charge in [0.2, 0.25) is 0 Å². The van der Waals surface area contributed by atoms with E-state index in [1.54, 1.807) is 0 Å². The lowest BCUT2D eigenvalue weighted by Gasteiger charge is -2.14. The van der Waals surface area contributed by atoms with Crippen LogP contribution in [0.1, 0.15) is 0 Å². The number of fused-ring (bicyclic) bond motifs is 9. The molecule has 10 rings (SSSR count). The van der Waals surface area contributed by atoms with E-state index in [0.717, 1.165) is 0 Å². The molecule has 0 fully saturated rings. The van der Waals surface area contributed by atoms with Crippen molar-refractivity contribution in [2.45, 2.75) is 0 Å². The van der Waals surface area contributed by atoms with E-state index >= 15 is 0 Å². The van der Waals surface area contributed by atoms with Gasteiger partial charge in [0.05, 0.1) is 0 Å². The second-order valence-corrected chi connectivity index (χ2v) is 12.9. The Morgan fingerprint density at radius 1 is 0.188 bits per heavy atom. The molecule has 0 spiro atoms. The maximum atomic E-state index is 2.40. The summed E-state index contributed by atoms with van der Waals surface area (Å²) in [6, 6.07) is 67.1. The molecule has 10 aromatic carbocycles. The Labute approximate surface area is 279 Å². The Morgan fingerprint density at radius 3 is 1.44 bits per heavy atom. The molecule has 0 aliphatic rings. The molecule has 48 heavy (non-hydrogen) atoms. The molecule has 0 saturated heterocycles. The van der Waals surface area contributed by atoms with Crippen LogP contribution in [-0.4, -0.2) is 0 Å². The van der Waals surface area contributed by atoms with Gasteiger partial charge >= 0.3 is 0 Å². The van der Waals surface area contributed by atoms with Gasteiger partial charge in [0.25, 0.3) is 0 Å². The molecule has 0 aliphatic carbocycles. The summed E-state index contributed by atoms with van der Waals surface area (Å²) in [6.07, 6.45) is 0. The maximum absolute atomic E-state index is 2.40. The highest BCUT2D eigenvalue weighted by Gasteiger charge is 2.12. The van der Waals surface area contributed by atoms with Crippen LogP contribution in [0.5, 0.6) is 0 Å². The molecule has 0 unspecified atom stereocenters. The fraction of sp³-hybridized carbons (Fsp3) is 0. The standard InChI is InChI=1S/C48H30/c1-3-11-39-32(8-1)10-7-15-40(39)34-18-16-31(17-19-34)35-23-25-42-36(28-35)20-21-37-29-38(24-26-43(37)42)47-30-48-41-12-4-2-9-33(41)22-27-46(48)44-13-5-6-14-45(44)47/h1-30H. The Hall–Kier alpha value is -6.24. The summed E-state index contributed by atoms with van der Waals surface area (Å²) in [5.41, 5.74) is 7.50. The SMILES string of the molecule is c1ccc2c(-c3ccc(-c4ccc5c(ccc6cc(-c7cc8c9ccccc9ccc8c8ccccc78)ccc65)c4)cc3)cccc2c1. The van der Waals surface area contributed by atoms with Gasteiger partial charge in [-0.1, -0.05) is 164 Å². The molecule has 0 heteroatoms. The van der Waals surface area contributed by atoms with Gasteiger partial charge in [0, 0.05) is 0 Å². The van der Waals surface area contributed by atoms with E-state index in [0.29, 0.717) is 0 Å². The zero-order valence-electron chi connectivity index (χ0n) is 26.3. The lowest BCUT2D eigenvalue weighted by Crippen LogP contribution is -1.87. The minimum atomic E-state index is 1.23. The number of benzene rings is 10. The molecule has 0 aliphatic heterocycles. The van der Waals surface area contributed by atoms with E-state index in [2.05, 4.69) is 182 Å². The van der Waals surface area contributed by atoms with Gasteiger partial charge in [-0.3, -0.25) is 0 Å². The highest BCUT2D eigenvalue weighted by Crippen LogP contribution is 2.40. The van der Waals surface area contributed by atoms with Crippen LogP contribution in [0, 0.1) is 0 Å². The Kier molecular flexibility index (Phi) is 5.98. The highest BCUT2D eigenvalue weighted by atomic mass is 14.2. The fourth-order valence-electron chi connectivity index (χ4n) is 7.84. The van der Waals surface area contributed by atoms with Crippen LogP contribution in [0.25, 0.3) is 98.0 Å². The molecule has 0 nitrogen and oxygen atoms in total. The van der Waals surface area contributed by atoms with Crippen LogP contribution >= 0.6 is 0 Å². The quantitative estimate of drug-likeness (QED) is 0.176. The summed E-state index contributed by atoms with van der Waals surface area (Å²) in [7, 11) is 0. The van der Waals surface area contributed by atoms with Crippen molar-refractivity contribution in [3.8, 4) is 33.4 Å². The van der Waals surface area contributed by atoms with Gasteiger partial charge in [-0.2, -0.15) is 0 Å². The Bertz CT molecular complexity index is 2870. The van der Waals surface area contributed by atoms with Crippen LogP contribution in [0.3, 0.4) is 0 Å². The largest absolute Gasteiger partial charge is 0.0616 e. The lowest BCUT2D eigenvalue weighted by molar-refractivity contribution is 1.62. The van der Waals surface area contributed by atoms with Crippen LogP contribution in [0.4, 0.5) is 0 Å². The monoisotopic (exact) mass is 606 g/mol. The summed E-state index contributed by atoms with van der Waals surface area (Å²) in [5, 5.41) is 15.4. The molecule has 10 aromatic rings. The van der Waals surface area contributed by atoms with Crippen molar-refractivity contribution in [2.75, 3.05) is 0 Å². The second-order valence-electron chi connectivity index (χ2n) is 12.9. The predicted molar refractivity (Wildman–Crippen MR) is 208 cm³/mol. The molecule has 0 bridgehead atoms. The van der Waals surface area contributed by atoms with E-state index in [-0.39, 0.29) is 0 Å². The second kappa shape index (κ2) is 10.7. The molecule has 0 heterocycles. The van der Waals surface area contributed by atoms with E-state index < -0.39 is 0 Å². The molecule has 0 radical (unpaired) electrons. The van der Waals surface area contributed by atoms with Gasteiger partial charge in [-0.05, 0) is 116 Å². The van der Waals surface area contributed by atoms with Crippen molar-refractivity contribution in [1.82, 2.24) is 0 Å². The molecule has 0 atom stereocenters. The Balaban J connectivity index is 1.05. The van der Waals surface area contributed by atoms with Crippen molar-refractivity contribution in [2.24, 2.45) is 0 Å². The van der Waals surface area contributed by atoms with Crippen LogP contribution in [0.15, 0.2) is 182 Å². The normalized spacial score (nSPS) is 11.8. The lowest BCUT2D eigenvalue weighted by atomic mass is 9.89. The van der Waals surface area contributed by atoms with Crippen LogP contribution in [-0.2, 0) is 0 Å². The molecule has 0 saturated carbocycles. The third-order valence-corrected chi connectivity index (χ3v) is 10.2. The molecule has 0 N–H and O–H groups in total. The Morgan fingerprint density at radius 2 is 0.667 bits per heavy atom. The van der Waals surface area contributed by atoms with Gasteiger partial charge in [-0.25, -0.2) is 0 Å². The van der Waals surface area contributed by atoms with E-state index in [4.69, 9.17) is 0 Å². The first-order valence-electron chi connectivity index (χ1n) is 16.7. The molecule has 0 amide bonds.